The van der Waals surface area contributed by atoms with Crippen molar-refractivity contribution in [2.75, 3.05) is 7.05 Å². The first-order chi connectivity index (χ1) is 7.74. The molecule has 2 heterocycles. The van der Waals surface area contributed by atoms with Gasteiger partial charge in [-0.25, -0.2) is 4.79 Å². The van der Waals surface area contributed by atoms with E-state index in [1.165, 1.54) is 12.4 Å². The van der Waals surface area contributed by atoms with Gasteiger partial charge in [0.2, 0.25) is 0 Å². The average Bonchev–Trinajstić information content (AvgIpc) is 2.47. The molecule has 0 fully saturated rings. The Kier molecular flexibility index (Phi) is 2.86. The minimum Gasteiger partial charge on any atom is -0.454 e. The van der Waals surface area contributed by atoms with Crippen molar-refractivity contribution < 1.29 is 4.74 Å². The number of rotatable bonds is 2. The molecule has 5 nitrogen and oxygen atoms in total. The molecular weight excluding hydrogens is 206 g/mol. The molecule has 0 aliphatic carbocycles. The van der Waals surface area contributed by atoms with Crippen LogP contribution in [0, 0.1) is 0 Å². The summed E-state index contributed by atoms with van der Waals surface area (Å²) >= 11 is 0. The van der Waals surface area contributed by atoms with Crippen LogP contribution in [0.2, 0.25) is 0 Å². The van der Waals surface area contributed by atoms with Crippen molar-refractivity contribution in [2.24, 2.45) is 0 Å². The van der Waals surface area contributed by atoms with E-state index < -0.39 is 5.69 Å². The third-order valence-corrected chi connectivity index (χ3v) is 1.94. The third kappa shape index (κ3) is 2.60. The number of hydrogen-bond donors (Lipinski definition) is 1. The van der Waals surface area contributed by atoms with Crippen molar-refractivity contribution in [3.05, 3.63) is 59.3 Å². The second kappa shape index (κ2) is 4.48. The van der Waals surface area contributed by atoms with Gasteiger partial charge in [-0.05, 0) is 18.2 Å². The summed E-state index contributed by atoms with van der Waals surface area (Å²) in [5.74, 6) is 1.17. The molecule has 1 aromatic rings. The lowest BCUT2D eigenvalue weighted by Gasteiger charge is -2.05. The Morgan fingerprint density at radius 1 is 1.44 bits per heavy atom. The van der Waals surface area contributed by atoms with Gasteiger partial charge in [0.15, 0.2) is 5.75 Å². The molecular formula is C11H11N3O2. The van der Waals surface area contributed by atoms with Crippen molar-refractivity contribution in [3.8, 4) is 5.75 Å². The van der Waals surface area contributed by atoms with Crippen LogP contribution in [0.1, 0.15) is 0 Å². The summed E-state index contributed by atoms with van der Waals surface area (Å²) < 4.78 is 5.50. The first-order valence-corrected chi connectivity index (χ1v) is 4.75. The number of aromatic amines is 1. The van der Waals surface area contributed by atoms with Crippen LogP contribution >= 0.6 is 0 Å². The minimum absolute atomic E-state index is 0.391. The highest BCUT2D eigenvalue weighted by atomic mass is 16.5. The van der Waals surface area contributed by atoms with Gasteiger partial charge in [-0.15, -0.1) is 0 Å². The highest BCUT2D eigenvalue weighted by molar-refractivity contribution is 5.26. The second-order valence-corrected chi connectivity index (χ2v) is 3.25. The molecule has 0 spiro atoms. The zero-order chi connectivity index (χ0) is 11.4. The monoisotopic (exact) mass is 217 g/mol. The maximum absolute atomic E-state index is 10.7. The smallest absolute Gasteiger partial charge is 0.345 e. The van der Waals surface area contributed by atoms with Crippen LogP contribution in [0.15, 0.2) is 53.6 Å². The number of nitrogens with one attached hydrogen (secondary N) is 1. The normalized spacial score (nSPS) is 14.6. The van der Waals surface area contributed by atoms with Gasteiger partial charge in [0, 0.05) is 19.4 Å². The van der Waals surface area contributed by atoms with Crippen molar-refractivity contribution in [3.63, 3.8) is 0 Å². The van der Waals surface area contributed by atoms with Crippen LogP contribution in [0.5, 0.6) is 5.75 Å². The van der Waals surface area contributed by atoms with Gasteiger partial charge in [0.25, 0.3) is 0 Å². The lowest BCUT2D eigenvalue weighted by Crippen LogP contribution is -2.08. The maximum atomic E-state index is 10.7. The molecule has 82 valence electrons. The highest BCUT2D eigenvalue weighted by Crippen LogP contribution is 2.12. The van der Waals surface area contributed by atoms with Crippen LogP contribution < -0.4 is 10.4 Å². The lowest BCUT2D eigenvalue weighted by atomic mass is 10.4. The number of aromatic nitrogens is 2. The molecule has 0 amide bonds. The molecule has 0 aromatic carbocycles. The maximum Gasteiger partial charge on any atom is 0.345 e. The van der Waals surface area contributed by atoms with Crippen LogP contribution in [-0.2, 0) is 0 Å². The molecule has 0 saturated carbocycles. The van der Waals surface area contributed by atoms with Crippen molar-refractivity contribution >= 4 is 0 Å². The van der Waals surface area contributed by atoms with Gasteiger partial charge < -0.3 is 14.6 Å². The molecule has 16 heavy (non-hydrogen) atoms. The van der Waals surface area contributed by atoms with E-state index in [9.17, 15) is 4.79 Å². The van der Waals surface area contributed by atoms with Gasteiger partial charge in [-0.3, -0.25) is 0 Å². The molecule has 5 heteroatoms. The summed E-state index contributed by atoms with van der Waals surface area (Å²) in [6.45, 7) is 0. The van der Waals surface area contributed by atoms with E-state index in [0.717, 1.165) is 0 Å². The van der Waals surface area contributed by atoms with Crippen molar-refractivity contribution in [2.45, 2.75) is 0 Å². The summed E-state index contributed by atoms with van der Waals surface area (Å²) in [7, 11) is 1.92. The van der Waals surface area contributed by atoms with Crippen LogP contribution in [-0.4, -0.2) is 21.9 Å². The predicted molar refractivity (Wildman–Crippen MR) is 59.6 cm³/mol. The van der Waals surface area contributed by atoms with Gasteiger partial charge in [-0.1, -0.05) is 0 Å². The number of nitrogens with zero attached hydrogens (tertiary/aromatic N) is 2. The van der Waals surface area contributed by atoms with Crippen LogP contribution in [0.4, 0.5) is 0 Å². The zero-order valence-corrected chi connectivity index (χ0v) is 8.75. The Morgan fingerprint density at radius 2 is 2.31 bits per heavy atom. The summed E-state index contributed by atoms with van der Waals surface area (Å²) in [5, 5.41) is 0. The first kappa shape index (κ1) is 10.2. The van der Waals surface area contributed by atoms with Gasteiger partial charge in [-0.2, -0.15) is 4.98 Å². The second-order valence-electron chi connectivity index (χ2n) is 3.25. The fourth-order valence-corrected chi connectivity index (χ4v) is 1.16. The first-order valence-electron chi connectivity index (χ1n) is 4.75. The van der Waals surface area contributed by atoms with E-state index in [-0.39, 0.29) is 0 Å². The van der Waals surface area contributed by atoms with E-state index in [2.05, 4.69) is 9.97 Å². The molecule has 0 bridgehead atoms. The lowest BCUT2D eigenvalue weighted by molar-refractivity contribution is 0.438. The molecule has 1 aromatic heterocycles. The van der Waals surface area contributed by atoms with Crippen LogP contribution in [0.3, 0.4) is 0 Å². The quantitative estimate of drug-likeness (QED) is 0.803. The van der Waals surface area contributed by atoms with Crippen molar-refractivity contribution in [1.82, 2.24) is 14.9 Å². The number of H-pyrrole nitrogens is 1. The Bertz CT molecular complexity index is 494. The molecule has 0 saturated heterocycles. The van der Waals surface area contributed by atoms with E-state index in [1.54, 1.807) is 0 Å². The van der Waals surface area contributed by atoms with E-state index in [1.807, 2.05) is 42.6 Å². The molecule has 1 aliphatic heterocycles. The van der Waals surface area contributed by atoms with E-state index in [4.69, 9.17) is 4.74 Å². The van der Waals surface area contributed by atoms with E-state index >= 15 is 0 Å². The molecule has 1 aliphatic rings. The topological polar surface area (TPSA) is 58.2 Å². The number of hydrogen-bond acceptors (Lipinski definition) is 4. The van der Waals surface area contributed by atoms with Gasteiger partial charge in [0.05, 0.1) is 12.4 Å². The Balaban J connectivity index is 2.13. The molecule has 0 unspecified atom stereocenters. The van der Waals surface area contributed by atoms with Crippen LogP contribution in [0.25, 0.3) is 0 Å². The molecule has 1 N–H and O–H groups in total. The van der Waals surface area contributed by atoms with Gasteiger partial charge >= 0.3 is 5.69 Å². The number of allylic oxidation sites excluding steroid dienone is 3. The minimum atomic E-state index is -0.391. The summed E-state index contributed by atoms with van der Waals surface area (Å²) in [6, 6.07) is 0. The zero-order valence-electron chi connectivity index (χ0n) is 8.75. The molecule has 2 rings (SSSR count). The average molecular weight is 217 g/mol. The van der Waals surface area contributed by atoms with Crippen molar-refractivity contribution in [1.29, 1.82) is 0 Å². The fraction of sp³-hybridized carbons (Fsp3) is 0.0909. The largest absolute Gasteiger partial charge is 0.454 e. The molecule has 0 radical (unpaired) electrons. The summed E-state index contributed by atoms with van der Waals surface area (Å²) in [6.07, 6.45) is 12.1. The predicted octanol–water partition coefficient (Wildman–Crippen LogP) is 1.01. The standard InChI is InChI=1S/C11H11N3O2/c1-14-5-2-3-9(4-6-14)16-10-7-12-11(15)13-8-10/h2-8H,1H3,(H,12,13,15). The Morgan fingerprint density at radius 3 is 3.06 bits per heavy atom. The highest BCUT2D eigenvalue weighted by Gasteiger charge is 1.99. The SMILES string of the molecule is CN1C=CC=C(Oc2cnc(=O)[nH]c2)C=C1. The Hall–Kier alpha value is -2.30. The van der Waals surface area contributed by atoms with Gasteiger partial charge in [0.1, 0.15) is 5.76 Å². The third-order valence-electron chi connectivity index (χ3n) is 1.94. The molecule has 0 atom stereocenters. The fourth-order valence-electron chi connectivity index (χ4n) is 1.16. The van der Waals surface area contributed by atoms with E-state index in [0.29, 0.717) is 11.5 Å². The summed E-state index contributed by atoms with van der Waals surface area (Å²) in [4.78, 5) is 18.7. The Labute approximate surface area is 92.4 Å². The summed E-state index contributed by atoms with van der Waals surface area (Å²) in [5.41, 5.74) is -0.391. The number of ether oxygens (including phenoxy) is 1.